The fourth-order valence-electron chi connectivity index (χ4n) is 3.34. The van der Waals surface area contributed by atoms with Gasteiger partial charge in [-0.05, 0) is 49.8 Å². The fourth-order valence-corrected chi connectivity index (χ4v) is 3.34. The number of hydrogen-bond donors (Lipinski definition) is 1. The van der Waals surface area contributed by atoms with Gasteiger partial charge in [0.15, 0.2) is 0 Å². The molecule has 1 aromatic carbocycles. The normalized spacial score (nSPS) is 18.0. The van der Waals surface area contributed by atoms with Gasteiger partial charge < -0.3 is 15.0 Å². The van der Waals surface area contributed by atoms with Crippen LogP contribution in [0.1, 0.15) is 56.7 Å². The van der Waals surface area contributed by atoms with Crippen molar-refractivity contribution in [1.29, 1.82) is 0 Å². The lowest BCUT2D eigenvalue weighted by atomic mass is 9.97. The van der Waals surface area contributed by atoms with Crippen molar-refractivity contribution in [3.05, 3.63) is 59.8 Å². The van der Waals surface area contributed by atoms with Gasteiger partial charge in [-0.1, -0.05) is 43.3 Å². The third-order valence-corrected chi connectivity index (χ3v) is 5.12. The van der Waals surface area contributed by atoms with Crippen molar-refractivity contribution in [2.75, 3.05) is 11.9 Å². The highest BCUT2D eigenvalue weighted by Crippen LogP contribution is 2.31. The summed E-state index contributed by atoms with van der Waals surface area (Å²) in [6.07, 6.45) is 5.76. The number of hydrogen-bond acceptors (Lipinski definition) is 4. The number of aromatic nitrogens is 1. The average Bonchev–Trinajstić information content (AvgIpc) is 2.73. The van der Waals surface area contributed by atoms with Crippen molar-refractivity contribution < 1.29 is 9.53 Å². The minimum atomic E-state index is -0.245. The number of carbonyl (C=O) groups is 1. The van der Waals surface area contributed by atoms with Gasteiger partial charge in [-0.3, -0.25) is 0 Å². The number of likely N-dealkylation sites (tertiary alicyclic amines) is 1. The summed E-state index contributed by atoms with van der Waals surface area (Å²) in [5.74, 6) is 0.877. The van der Waals surface area contributed by atoms with E-state index in [1.165, 1.54) is 0 Å². The van der Waals surface area contributed by atoms with E-state index >= 15 is 0 Å². The smallest absolute Gasteiger partial charge is 0.410 e. The Morgan fingerprint density at radius 1 is 1.26 bits per heavy atom. The van der Waals surface area contributed by atoms with Gasteiger partial charge in [0.05, 0.1) is 6.04 Å². The van der Waals surface area contributed by atoms with Gasteiger partial charge >= 0.3 is 6.09 Å². The first-order chi connectivity index (χ1) is 13.2. The van der Waals surface area contributed by atoms with Gasteiger partial charge in [0, 0.05) is 18.8 Å². The summed E-state index contributed by atoms with van der Waals surface area (Å²) in [5, 5.41) is 3.38. The Morgan fingerprint density at radius 3 is 2.78 bits per heavy atom. The summed E-state index contributed by atoms with van der Waals surface area (Å²) < 4.78 is 5.56. The summed E-state index contributed by atoms with van der Waals surface area (Å²) >= 11 is 0. The number of benzene rings is 1. The minimum absolute atomic E-state index is 0.0344. The van der Waals surface area contributed by atoms with E-state index in [0.29, 0.717) is 12.6 Å². The lowest BCUT2D eigenvalue weighted by Crippen LogP contribution is -2.38. The molecule has 1 aliphatic heterocycles. The number of carbonyl (C=O) groups excluding carboxylic acids is 1. The topological polar surface area (TPSA) is 54.5 Å². The number of amides is 1. The monoisotopic (exact) mass is 367 g/mol. The molecule has 0 saturated carbocycles. The zero-order valence-electron chi connectivity index (χ0n) is 16.2. The van der Waals surface area contributed by atoms with E-state index in [9.17, 15) is 4.79 Å². The number of nitrogens with one attached hydrogen (secondary N) is 1. The molecule has 144 valence electrons. The Balaban J connectivity index is 1.64. The van der Waals surface area contributed by atoms with Crippen LogP contribution >= 0.6 is 0 Å². The minimum Gasteiger partial charge on any atom is -0.445 e. The third-order valence-electron chi connectivity index (χ3n) is 5.12. The maximum Gasteiger partial charge on any atom is 0.410 e. The number of piperidine rings is 1. The Bertz CT molecular complexity index is 718. The van der Waals surface area contributed by atoms with Gasteiger partial charge in [-0.2, -0.15) is 0 Å². The molecule has 0 spiro atoms. The quantitative estimate of drug-likeness (QED) is 0.766. The van der Waals surface area contributed by atoms with E-state index in [1.54, 1.807) is 0 Å². The maximum absolute atomic E-state index is 12.7. The Labute approximate surface area is 161 Å². The van der Waals surface area contributed by atoms with Crippen LogP contribution in [0.3, 0.4) is 0 Å². The predicted octanol–water partition coefficient (Wildman–Crippen LogP) is 5.16. The lowest BCUT2D eigenvalue weighted by Gasteiger charge is -2.35. The molecular formula is C22H29N3O2. The van der Waals surface area contributed by atoms with Crippen molar-refractivity contribution in [2.24, 2.45) is 0 Å². The first kappa shape index (κ1) is 19.2. The second-order valence-electron chi connectivity index (χ2n) is 7.18. The van der Waals surface area contributed by atoms with Gasteiger partial charge in [0.2, 0.25) is 0 Å². The summed E-state index contributed by atoms with van der Waals surface area (Å²) in [4.78, 5) is 19.1. The molecule has 2 aromatic rings. The predicted molar refractivity (Wildman–Crippen MR) is 108 cm³/mol. The van der Waals surface area contributed by atoms with E-state index in [4.69, 9.17) is 4.74 Å². The van der Waals surface area contributed by atoms with E-state index in [1.807, 2.05) is 47.5 Å². The van der Waals surface area contributed by atoms with E-state index in [2.05, 4.69) is 30.2 Å². The summed E-state index contributed by atoms with van der Waals surface area (Å²) in [7, 11) is 0. The highest BCUT2D eigenvalue weighted by Gasteiger charge is 2.29. The molecular weight excluding hydrogens is 338 g/mol. The Morgan fingerprint density at radius 2 is 2.07 bits per heavy atom. The second kappa shape index (κ2) is 9.40. The number of rotatable bonds is 6. The third kappa shape index (κ3) is 5.22. The van der Waals surface area contributed by atoms with Crippen LogP contribution in [0.25, 0.3) is 0 Å². The number of pyridine rings is 1. The van der Waals surface area contributed by atoms with Crippen molar-refractivity contribution in [2.45, 2.75) is 58.2 Å². The molecule has 2 heterocycles. The molecule has 1 aliphatic rings. The van der Waals surface area contributed by atoms with Crippen LogP contribution < -0.4 is 5.32 Å². The van der Waals surface area contributed by atoms with Crippen LogP contribution in [-0.4, -0.2) is 28.6 Å². The lowest BCUT2D eigenvalue weighted by molar-refractivity contribution is 0.0678. The zero-order chi connectivity index (χ0) is 19.1. The number of anilines is 1. The van der Waals surface area contributed by atoms with Crippen molar-refractivity contribution in [3.8, 4) is 0 Å². The molecule has 0 radical (unpaired) electrons. The van der Waals surface area contributed by atoms with Crippen LogP contribution in [0, 0.1) is 0 Å². The Kier molecular flexibility index (Phi) is 6.69. The second-order valence-corrected chi connectivity index (χ2v) is 7.18. The average molecular weight is 367 g/mol. The molecule has 1 amide bonds. The summed E-state index contributed by atoms with van der Waals surface area (Å²) in [5.41, 5.74) is 2.07. The van der Waals surface area contributed by atoms with E-state index in [-0.39, 0.29) is 12.1 Å². The molecule has 1 saturated heterocycles. The van der Waals surface area contributed by atoms with Gasteiger partial charge in [-0.25, -0.2) is 9.78 Å². The van der Waals surface area contributed by atoms with Crippen LogP contribution in [0.2, 0.25) is 0 Å². The van der Waals surface area contributed by atoms with Crippen LogP contribution in [0.5, 0.6) is 0 Å². The molecule has 0 bridgehead atoms. The molecule has 5 nitrogen and oxygen atoms in total. The first-order valence-electron chi connectivity index (χ1n) is 9.87. The highest BCUT2D eigenvalue weighted by atomic mass is 16.6. The van der Waals surface area contributed by atoms with Gasteiger partial charge in [0.25, 0.3) is 0 Å². The van der Waals surface area contributed by atoms with Crippen molar-refractivity contribution >= 4 is 11.9 Å². The maximum atomic E-state index is 12.7. The SMILES string of the molecule is CC[C@H](C)Nc1ccc([C@@H]2CCCCN2C(=O)OCc2ccccc2)cn1. The molecule has 1 N–H and O–H groups in total. The molecule has 1 fully saturated rings. The fraction of sp³-hybridized carbons (Fsp3) is 0.455. The number of nitrogens with zero attached hydrogens (tertiary/aromatic N) is 2. The zero-order valence-corrected chi connectivity index (χ0v) is 16.2. The first-order valence-corrected chi connectivity index (χ1v) is 9.87. The summed E-state index contributed by atoms with van der Waals surface area (Å²) in [6, 6.07) is 14.3. The van der Waals surface area contributed by atoms with Crippen LogP contribution in [0.4, 0.5) is 10.6 Å². The van der Waals surface area contributed by atoms with E-state index < -0.39 is 0 Å². The molecule has 2 atom stereocenters. The molecule has 0 unspecified atom stereocenters. The van der Waals surface area contributed by atoms with Gasteiger partial charge in [-0.15, -0.1) is 0 Å². The van der Waals surface area contributed by atoms with Crippen molar-refractivity contribution in [3.63, 3.8) is 0 Å². The van der Waals surface area contributed by atoms with Crippen LogP contribution in [0.15, 0.2) is 48.7 Å². The standard InChI is InChI=1S/C22H29N3O2/c1-3-17(2)24-21-13-12-19(15-23-21)20-11-7-8-14-25(20)22(26)27-16-18-9-5-4-6-10-18/h4-6,9-10,12-13,15,17,20H,3,7-8,11,14,16H2,1-2H3,(H,23,24)/t17-,20-/m0/s1. The van der Waals surface area contributed by atoms with Gasteiger partial charge in [0.1, 0.15) is 12.4 Å². The molecule has 5 heteroatoms. The summed E-state index contributed by atoms with van der Waals surface area (Å²) in [6.45, 7) is 5.32. The molecule has 27 heavy (non-hydrogen) atoms. The molecule has 3 rings (SSSR count). The molecule has 1 aromatic heterocycles. The van der Waals surface area contributed by atoms with Crippen molar-refractivity contribution in [1.82, 2.24) is 9.88 Å². The van der Waals surface area contributed by atoms with Crippen LogP contribution in [-0.2, 0) is 11.3 Å². The number of ether oxygens (including phenoxy) is 1. The van der Waals surface area contributed by atoms with E-state index in [0.717, 1.165) is 49.2 Å². The highest BCUT2D eigenvalue weighted by molar-refractivity contribution is 5.68. The largest absolute Gasteiger partial charge is 0.445 e. The molecule has 0 aliphatic carbocycles. The Hall–Kier alpha value is -2.56.